The van der Waals surface area contributed by atoms with Crippen LogP contribution in [0.15, 0.2) is 18.3 Å². The molecule has 60 valence electrons. The normalized spacial score (nSPS) is 10.7. The van der Waals surface area contributed by atoms with Crippen molar-refractivity contribution in [2.24, 2.45) is 0 Å². The molecule has 0 spiro atoms. The van der Waals surface area contributed by atoms with Crippen molar-refractivity contribution in [3.8, 4) is 0 Å². The standard InChI is InChI=1S/C9H14NSi.Li/c1-8-5-6-9(10-7-8)11(2,3)4;/h5-7H,2H2,1,3-4H3;/q-1;+1. The summed E-state index contributed by atoms with van der Waals surface area (Å²) in [5.41, 5.74) is 1.21. The molecule has 1 aromatic heterocycles. The Balaban J connectivity index is 0.00000121. The number of hydrogen-bond donors (Lipinski definition) is 0. The molecule has 1 aromatic rings. The first-order valence-electron chi connectivity index (χ1n) is 3.78. The third-order valence-corrected chi connectivity index (χ3v) is 3.29. The number of pyridine rings is 1. The Morgan fingerprint density at radius 1 is 1.33 bits per heavy atom. The van der Waals surface area contributed by atoms with E-state index in [0.29, 0.717) is 0 Å². The predicted octanol–water partition coefficient (Wildman–Crippen LogP) is -1.32. The molecule has 0 aliphatic rings. The van der Waals surface area contributed by atoms with Crippen molar-refractivity contribution >= 4 is 13.4 Å². The number of nitrogens with zero attached hydrogens (tertiary/aromatic N) is 1. The van der Waals surface area contributed by atoms with Crippen molar-refractivity contribution in [2.45, 2.75) is 20.0 Å². The molecule has 0 unspecified atom stereocenters. The van der Waals surface area contributed by atoms with Gasteiger partial charge in [0.1, 0.15) is 0 Å². The maximum Gasteiger partial charge on any atom is 1.00 e. The van der Waals surface area contributed by atoms with Crippen LogP contribution in [0.5, 0.6) is 0 Å². The Morgan fingerprint density at radius 3 is 2.25 bits per heavy atom. The van der Waals surface area contributed by atoms with E-state index in [1.807, 2.05) is 6.20 Å². The predicted molar refractivity (Wildman–Crippen MR) is 51.4 cm³/mol. The second-order valence-electron chi connectivity index (χ2n) is 3.60. The first-order chi connectivity index (χ1) is 5.00. The monoisotopic (exact) mass is 171 g/mol. The Hall–Kier alpha value is -0.0357. The van der Waals surface area contributed by atoms with E-state index in [1.165, 1.54) is 10.9 Å². The van der Waals surface area contributed by atoms with Gasteiger partial charge in [0.15, 0.2) is 0 Å². The molecule has 0 radical (unpaired) electrons. The third-order valence-electron chi connectivity index (χ3n) is 1.60. The summed E-state index contributed by atoms with van der Waals surface area (Å²) >= 11 is 0. The molecule has 0 aliphatic heterocycles. The molecular weight excluding hydrogens is 157 g/mol. The minimum atomic E-state index is -1.42. The second kappa shape index (κ2) is 4.27. The SMILES string of the molecule is [CH2-][Si](C)(C)c1ccc(C)cn1.[Li+]. The van der Waals surface area contributed by atoms with Crippen molar-refractivity contribution in [3.05, 3.63) is 30.4 Å². The smallest absolute Gasteiger partial charge is 0.337 e. The minimum absolute atomic E-state index is 0. The number of aromatic nitrogens is 1. The summed E-state index contributed by atoms with van der Waals surface area (Å²) < 4.78 is 0. The maximum absolute atomic E-state index is 4.35. The fraction of sp³-hybridized carbons (Fsp3) is 0.333. The molecule has 0 fully saturated rings. The van der Waals surface area contributed by atoms with Gasteiger partial charge in [-0.1, -0.05) is 19.2 Å². The first-order valence-corrected chi connectivity index (χ1v) is 6.99. The van der Waals surface area contributed by atoms with E-state index < -0.39 is 8.07 Å². The Kier molecular flexibility index (Phi) is 4.26. The van der Waals surface area contributed by atoms with E-state index in [9.17, 15) is 0 Å². The minimum Gasteiger partial charge on any atom is -0.337 e. The van der Waals surface area contributed by atoms with Gasteiger partial charge in [-0.3, -0.25) is 4.98 Å². The van der Waals surface area contributed by atoms with Gasteiger partial charge in [-0.2, -0.15) is 0 Å². The molecule has 12 heavy (non-hydrogen) atoms. The molecule has 0 bridgehead atoms. The van der Waals surface area contributed by atoms with Crippen molar-refractivity contribution in [1.29, 1.82) is 0 Å². The van der Waals surface area contributed by atoms with Crippen LogP contribution in [0, 0.1) is 13.5 Å². The summed E-state index contributed by atoms with van der Waals surface area (Å²) in [6.07, 6.45) is 1.91. The van der Waals surface area contributed by atoms with Gasteiger partial charge in [0.25, 0.3) is 0 Å². The second-order valence-corrected chi connectivity index (χ2v) is 7.88. The van der Waals surface area contributed by atoms with Crippen molar-refractivity contribution in [3.63, 3.8) is 0 Å². The van der Waals surface area contributed by atoms with Gasteiger partial charge in [-0.25, -0.2) is 0 Å². The summed E-state index contributed by atoms with van der Waals surface area (Å²) in [6.45, 7) is 10.6. The van der Waals surface area contributed by atoms with E-state index in [4.69, 9.17) is 0 Å². The Labute approximate surface area is 87.8 Å². The van der Waals surface area contributed by atoms with Gasteiger partial charge in [-0.15, -0.1) is 0 Å². The first kappa shape index (κ1) is 12.0. The van der Waals surface area contributed by atoms with Crippen LogP contribution in [0.4, 0.5) is 0 Å². The van der Waals surface area contributed by atoms with E-state index >= 15 is 0 Å². The summed E-state index contributed by atoms with van der Waals surface area (Å²) in [6, 6.07) is 4.19. The largest absolute Gasteiger partial charge is 1.00 e. The topological polar surface area (TPSA) is 12.9 Å². The average Bonchev–Trinajstić information content (AvgIpc) is 1.86. The molecule has 3 heteroatoms. The Bertz CT molecular complexity index is 238. The summed E-state index contributed by atoms with van der Waals surface area (Å²) in [5.74, 6) is 0. The van der Waals surface area contributed by atoms with Gasteiger partial charge < -0.3 is 6.55 Å². The van der Waals surface area contributed by atoms with Crippen LogP contribution in [0.2, 0.25) is 13.1 Å². The van der Waals surface area contributed by atoms with Gasteiger partial charge in [0.05, 0.1) is 0 Å². The fourth-order valence-electron chi connectivity index (χ4n) is 0.868. The van der Waals surface area contributed by atoms with Gasteiger partial charge in [0, 0.05) is 6.20 Å². The maximum atomic E-state index is 4.35. The molecule has 0 amide bonds. The van der Waals surface area contributed by atoms with Gasteiger partial charge >= 0.3 is 18.9 Å². The quantitative estimate of drug-likeness (QED) is 0.377. The number of hydrogen-bond acceptors (Lipinski definition) is 1. The molecule has 1 heterocycles. The summed E-state index contributed by atoms with van der Waals surface area (Å²) in [4.78, 5) is 4.35. The van der Waals surface area contributed by atoms with E-state index in [1.54, 1.807) is 0 Å². The zero-order chi connectivity index (χ0) is 8.48. The summed E-state index contributed by atoms with van der Waals surface area (Å²) in [7, 11) is -1.42. The van der Waals surface area contributed by atoms with Crippen LogP contribution in [0.3, 0.4) is 0 Å². The van der Waals surface area contributed by atoms with Crippen LogP contribution in [0.1, 0.15) is 5.56 Å². The van der Waals surface area contributed by atoms with Gasteiger partial charge in [-0.05, 0) is 31.9 Å². The zero-order valence-corrected chi connectivity index (χ0v) is 9.39. The van der Waals surface area contributed by atoms with Crippen LogP contribution < -0.4 is 24.2 Å². The van der Waals surface area contributed by atoms with Crippen LogP contribution in [-0.4, -0.2) is 13.1 Å². The molecule has 0 atom stereocenters. The van der Waals surface area contributed by atoms with Crippen LogP contribution in [0.25, 0.3) is 0 Å². The molecular formula is C9H14LiNSi. The van der Waals surface area contributed by atoms with Gasteiger partial charge in [0.2, 0.25) is 0 Å². The molecule has 0 aromatic carbocycles. The van der Waals surface area contributed by atoms with E-state index in [-0.39, 0.29) is 18.9 Å². The molecule has 1 rings (SSSR count). The Morgan fingerprint density at radius 2 is 1.92 bits per heavy atom. The molecule has 0 saturated carbocycles. The number of rotatable bonds is 1. The van der Waals surface area contributed by atoms with Crippen molar-refractivity contribution in [2.75, 3.05) is 0 Å². The molecule has 0 saturated heterocycles. The third kappa shape index (κ3) is 3.14. The molecule has 0 aliphatic carbocycles. The zero-order valence-electron chi connectivity index (χ0n) is 8.39. The fourth-order valence-corrected chi connectivity index (χ4v) is 1.82. The van der Waals surface area contributed by atoms with E-state index in [0.717, 1.165) is 0 Å². The summed E-state index contributed by atoms with van der Waals surface area (Å²) in [5, 5.41) is 1.18. The van der Waals surface area contributed by atoms with Crippen molar-refractivity contribution in [1.82, 2.24) is 4.98 Å². The van der Waals surface area contributed by atoms with Crippen LogP contribution in [-0.2, 0) is 0 Å². The van der Waals surface area contributed by atoms with E-state index in [2.05, 4.69) is 43.7 Å². The molecule has 1 nitrogen and oxygen atoms in total. The average molecular weight is 171 g/mol. The number of aryl methyl sites for hydroxylation is 1. The molecule has 0 N–H and O–H groups in total. The van der Waals surface area contributed by atoms with Crippen LogP contribution >= 0.6 is 0 Å². The van der Waals surface area contributed by atoms with Crippen molar-refractivity contribution < 1.29 is 18.9 Å².